The van der Waals surface area contributed by atoms with Gasteiger partial charge in [0.2, 0.25) is 5.89 Å². The first-order chi connectivity index (χ1) is 13.6. The number of aryl methyl sites for hydroxylation is 1. The van der Waals surface area contributed by atoms with Crippen LogP contribution < -0.4 is 0 Å². The van der Waals surface area contributed by atoms with Gasteiger partial charge in [0.25, 0.3) is 0 Å². The molecule has 0 N–H and O–H groups in total. The Morgan fingerprint density at radius 3 is 2.64 bits per heavy atom. The molecule has 0 atom stereocenters. The van der Waals surface area contributed by atoms with Crippen LogP contribution >= 0.6 is 0 Å². The molecule has 0 spiro atoms. The van der Waals surface area contributed by atoms with E-state index in [2.05, 4.69) is 9.97 Å². The molecule has 4 aromatic rings. The normalized spacial score (nSPS) is 10.8. The summed E-state index contributed by atoms with van der Waals surface area (Å²) >= 11 is 0. The van der Waals surface area contributed by atoms with Gasteiger partial charge < -0.3 is 9.15 Å². The molecule has 0 bridgehead atoms. The Labute approximate surface area is 160 Å². The molecule has 7 heteroatoms. The molecule has 0 radical (unpaired) electrons. The van der Waals surface area contributed by atoms with Crippen molar-refractivity contribution in [2.45, 2.75) is 13.5 Å². The summed E-state index contributed by atoms with van der Waals surface area (Å²) < 4.78 is 25.7. The van der Waals surface area contributed by atoms with E-state index in [9.17, 15) is 9.18 Å². The average molecular weight is 377 g/mol. The third-order valence-corrected chi connectivity index (χ3v) is 4.21. The van der Waals surface area contributed by atoms with Crippen molar-refractivity contribution in [2.24, 2.45) is 0 Å². The van der Waals surface area contributed by atoms with E-state index in [1.165, 1.54) is 29.2 Å². The van der Waals surface area contributed by atoms with Crippen LogP contribution in [-0.4, -0.2) is 20.5 Å². The zero-order valence-electron chi connectivity index (χ0n) is 15.0. The molecule has 6 nitrogen and oxygen atoms in total. The molecular weight excluding hydrogens is 361 g/mol. The number of oxazole rings is 1. The molecule has 0 amide bonds. The van der Waals surface area contributed by atoms with Gasteiger partial charge in [-0.3, -0.25) is 4.57 Å². The third-order valence-electron chi connectivity index (χ3n) is 4.21. The molecule has 0 aliphatic heterocycles. The van der Waals surface area contributed by atoms with E-state index < -0.39 is 5.97 Å². The highest BCUT2D eigenvalue weighted by atomic mass is 19.1. The number of carbonyl (C=O) groups is 1. The van der Waals surface area contributed by atoms with Crippen LogP contribution in [0.15, 0.2) is 71.5 Å². The summed E-state index contributed by atoms with van der Waals surface area (Å²) in [5.74, 6) is 0.133. The number of halogens is 1. The van der Waals surface area contributed by atoms with E-state index in [0.29, 0.717) is 23.0 Å². The van der Waals surface area contributed by atoms with Crippen molar-refractivity contribution in [2.75, 3.05) is 0 Å². The molecule has 0 unspecified atom stereocenters. The van der Waals surface area contributed by atoms with Crippen LogP contribution in [-0.2, 0) is 11.3 Å². The molecule has 140 valence electrons. The van der Waals surface area contributed by atoms with Gasteiger partial charge in [-0.2, -0.15) is 0 Å². The van der Waals surface area contributed by atoms with Gasteiger partial charge in [0.15, 0.2) is 5.69 Å². The lowest BCUT2D eigenvalue weighted by atomic mass is 10.2. The maximum atomic E-state index is 13.1. The number of benzene rings is 2. The zero-order valence-corrected chi connectivity index (χ0v) is 15.0. The Balaban J connectivity index is 1.50. The van der Waals surface area contributed by atoms with Crippen molar-refractivity contribution in [1.29, 1.82) is 0 Å². The molecule has 0 aliphatic rings. The van der Waals surface area contributed by atoms with E-state index >= 15 is 0 Å². The topological polar surface area (TPSA) is 70.2 Å². The van der Waals surface area contributed by atoms with Crippen LogP contribution in [0.25, 0.3) is 17.1 Å². The number of ether oxygens (including phenoxy) is 1. The minimum atomic E-state index is -0.564. The second-order valence-corrected chi connectivity index (χ2v) is 6.09. The molecule has 2 aromatic heterocycles. The second kappa shape index (κ2) is 7.48. The first-order valence-electron chi connectivity index (χ1n) is 8.59. The number of aromatic nitrogens is 3. The minimum Gasteiger partial charge on any atom is -0.454 e. The van der Waals surface area contributed by atoms with Crippen LogP contribution in [0.4, 0.5) is 4.39 Å². The molecule has 0 saturated carbocycles. The van der Waals surface area contributed by atoms with Crippen LogP contribution in [0.5, 0.6) is 0 Å². The van der Waals surface area contributed by atoms with Gasteiger partial charge in [-0.15, -0.1) is 0 Å². The standard InChI is InChI=1S/C21H16FN3O3/c1-14-18(24-20(28-14)15-5-3-2-4-6-15)12-27-21(26)19-11-23-13-25(19)17-9-7-16(22)8-10-17/h2-11,13H,12H2,1H3. The van der Waals surface area contributed by atoms with Crippen LogP contribution in [0, 0.1) is 12.7 Å². The van der Waals surface area contributed by atoms with E-state index in [1.54, 1.807) is 19.1 Å². The lowest BCUT2D eigenvalue weighted by Crippen LogP contribution is -2.11. The van der Waals surface area contributed by atoms with Crippen LogP contribution in [0.2, 0.25) is 0 Å². The Kier molecular flexibility index (Phi) is 4.72. The number of imidazole rings is 1. The van der Waals surface area contributed by atoms with Gasteiger partial charge in [0, 0.05) is 11.3 Å². The van der Waals surface area contributed by atoms with Crippen molar-refractivity contribution in [3.8, 4) is 17.1 Å². The molecule has 2 aromatic carbocycles. The Bertz CT molecular complexity index is 1100. The average Bonchev–Trinajstić information content (AvgIpc) is 3.34. The van der Waals surface area contributed by atoms with Gasteiger partial charge in [-0.05, 0) is 43.3 Å². The maximum Gasteiger partial charge on any atom is 0.357 e. The van der Waals surface area contributed by atoms with E-state index in [1.807, 2.05) is 30.3 Å². The quantitative estimate of drug-likeness (QED) is 0.484. The predicted octanol–water partition coefficient (Wildman–Crippen LogP) is 4.33. The van der Waals surface area contributed by atoms with E-state index in [4.69, 9.17) is 9.15 Å². The number of esters is 1. The highest BCUT2D eigenvalue weighted by molar-refractivity contribution is 5.88. The Morgan fingerprint density at radius 2 is 1.89 bits per heavy atom. The maximum absolute atomic E-state index is 13.1. The van der Waals surface area contributed by atoms with Crippen molar-refractivity contribution >= 4 is 5.97 Å². The highest BCUT2D eigenvalue weighted by Crippen LogP contribution is 2.22. The minimum absolute atomic E-state index is 0.0321. The Hall–Kier alpha value is -3.74. The van der Waals surface area contributed by atoms with Crippen molar-refractivity contribution in [3.63, 3.8) is 0 Å². The smallest absolute Gasteiger partial charge is 0.357 e. The van der Waals surface area contributed by atoms with Gasteiger partial charge >= 0.3 is 5.97 Å². The van der Waals surface area contributed by atoms with E-state index in [0.717, 1.165) is 5.56 Å². The van der Waals surface area contributed by atoms with Gasteiger partial charge in [-0.25, -0.2) is 19.2 Å². The summed E-state index contributed by atoms with van der Waals surface area (Å²) in [4.78, 5) is 20.9. The molecule has 0 saturated heterocycles. The molecule has 0 fully saturated rings. The van der Waals surface area contributed by atoms with Gasteiger partial charge in [0.05, 0.1) is 12.5 Å². The van der Waals surface area contributed by atoms with Gasteiger partial charge in [-0.1, -0.05) is 18.2 Å². The summed E-state index contributed by atoms with van der Waals surface area (Å²) in [6.07, 6.45) is 2.87. The number of carbonyl (C=O) groups excluding carboxylic acids is 1. The fourth-order valence-electron chi connectivity index (χ4n) is 2.73. The summed E-state index contributed by atoms with van der Waals surface area (Å²) in [6, 6.07) is 15.2. The van der Waals surface area contributed by atoms with Gasteiger partial charge in [0.1, 0.15) is 23.9 Å². The molecule has 4 rings (SSSR count). The lowest BCUT2D eigenvalue weighted by Gasteiger charge is -2.08. The van der Waals surface area contributed by atoms with Crippen molar-refractivity contribution < 1.29 is 18.3 Å². The molecule has 2 heterocycles. The van der Waals surface area contributed by atoms with E-state index in [-0.39, 0.29) is 18.1 Å². The lowest BCUT2D eigenvalue weighted by molar-refractivity contribution is 0.0457. The monoisotopic (exact) mass is 377 g/mol. The summed E-state index contributed by atoms with van der Waals surface area (Å²) in [5, 5.41) is 0. The third kappa shape index (κ3) is 3.55. The fraction of sp³-hybridized carbons (Fsp3) is 0.0952. The van der Waals surface area contributed by atoms with Crippen LogP contribution in [0.3, 0.4) is 0 Å². The summed E-state index contributed by atoms with van der Waals surface area (Å²) in [6.45, 7) is 1.74. The molecule has 0 aliphatic carbocycles. The second-order valence-electron chi connectivity index (χ2n) is 6.09. The SMILES string of the molecule is Cc1oc(-c2ccccc2)nc1COC(=O)c1cncn1-c1ccc(F)cc1. The van der Waals surface area contributed by atoms with Crippen molar-refractivity contribution in [1.82, 2.24) is 14.5 Å². The number of nitrogens with zero attached hydrogens (tertiary/aromatic N) is 3. The van der Waals surface area contributed by atoms with Crippen molar-refractivity contribution in [3.05, 3.63) is 90.1 Å². The zero-order chi connectivity index (χ0) is 19.5. The molecular formula is C21H16FN3O3. The summed E-state index contributed by atoms with van der Waals surface area (Å²) in [5.41, 5.74) is 2.23. The molecule has 28 heavy (non-hydrogen) atoms. The predicted molar refractivity (Wildman–Crippen MR) is 99.3 cm³/mol. The van der Waals surface area contributed by atoms with Crippen LogP contribution in [0.1, 0.15) is 21.9 Å². The Morgan fingerprint density at radius 1 is 1.14 bits per heavy atom. The number of rotatable bonds is 5. The summed E-state index contributed by atoms with van der Waals surface area (Å²) in [7, 11) is 0. The fourth-order valence-corrected chi connectivity index (χ4v) is 2.73. The number of hydrogen-bond donors (Lipinski definition) is 0. The first-order valence-corrected chi connectivity index (χ1v) is 8.59. The largest absolute Gasteiger partial charge is 0.454 e. The number of hydrogen-bond acceptors (Lipinski definition) is 5. The highest BCUT2D eigenvalue weighted by Gasteiger charge is 2.17. The first kappa shape index (κ1) is 17.7.